The average Bonchev–Trinajstić information content (AvgIpc) is 3.12. The molecule has 26 heavy (non-hydrogen) atoms. The van der Waals surface area contributed by atoms with Crippen LogP contribution in [-0.2, 0) is 21.4 Å². The van der Waals surface area contributed by atoms with Crippen LogP contribution in [0.4, 0.5) is 0 Å². The average molecular weight is 397 g/mol. The Morgan fingerprint density at radius 2 is 2.04 bits per heavy atom. The van der Waals surface area contributed by atoms with Gasteiger partial charge >= 0.3 is 0 Å². The van der Waals surface area contributed by atoms with E-state index in [1.165, 1.54) is 6.26 Å². The summed E-state index contributed by atoms with van der Waals surface area (Å²) in [4.78, 5) is 12.7. The van der Waals surface area contributed by atoms with Gasteiger partial charge in [-0.2, -0.15) is 16.5 Å². The molecule has 1 atom stereocenters. The second kappa shape index (κ2) is 9.25. The molecule has 142 valence electrons. The SMILES string of the molecule is CSCCC(NS(=O)(=O)c1cc(C)ccc1C)C(=O)NCc1ccco1. The molecule has 0 bridgehead atoms. The summed E-state index contributed by atoms with van der Waals surface area (Å²) >= 11 is 1.56. The van der Waals surface area contributed by atoms with Crippen molar-refractivity contribution in [3.05, 3.63) is 53.5 Å². The molecule has 0 aliphatic heterocycles. The maximum atomic E-state index is 12.8. The lowest BCUT2D eigenvalue weighted by Crippen LogP contribution is -2.46. The zero-order valence-electron chi connectivity index (χ0n) is 15.1. The summed E-state index contributed by atoms with van der Waals surface area (Å²) in [5.74, 6) is 0.900. The topological polar surface area (TPSA) is 88.4 Å². The number of carbonyl (C=O) groups excluding carboxylic acids is 1. The lowest BCUT2D eigenvalue weighted by atomic mass is 10.2. The van der Waals surface area contributed by atoms with Gasteiger partial charge in [-0.25, -0.2) is 8.42 Å². The van der Waals surface area contributed by atoms with Crippen LogP contribution in [0.1, 0.15) is 23.3 Å². The van der Waals surface area contributed by atoms with Crippen LogP contribution in [0.5, 0.6) is 0 Å². The lowest BCUT2D eigenvalue weighted by molar-refractivity contribution is -0.123. The van der Waals surface area contributed by atoms with Crippen molar-refractivity contribution < 1.29 is 17.6 Å². The van der Waals surface area contributed by atoms with Gasteiger partial charge in [0.15, 0.2) is 0 Å². The highest BCUT2D eigenvalue weighted by Gasteiger charge is 2.26. The molecule has 0 fully saturated rings. The largest absolute Gasteiger partial charge is 0.467 e. The molecule has 1 unspecified atom stereocenters. The fourth-order valence-electron chi connectivity index (χ4n) is 2.44. The summed E-state index contributed by atoms with van der Waals surface area (Å²) < 4.78 is 33.3. The first kappa shape index (κ1) is 20.5. The first-order chi connectivity index (χ1) is 12.3. The van der Waals surface area contributed by atoms with Crippen molar-refractivity contribution in [3.63, 3.8) is 0 Å². The molecule has 2 rings (SSSR count). The second-order valence-corrected chi connectivity index (χ2v) is 8.69. The van der Waals surface area contributed by atoms with Crippen LogP contribution < -0.4 is 10.0 Å². The molecule has 6 nitrogen and oxygen atoms in total. The minimum absolute atomic E-state index is 0.200. The van der Waals surface area contributed by atoms with E-state index in [-0.39, 0.29) is 17.3 Å². The monoisotopic (exact) mass is 396 g/mol. The number of sulfonamides is 1. The van der Waals surface area contributed by atoms with E-state index in [1.54, 1.807) is 43.0 Å². The van der Waals surface area contributed by atoms with Crippen LogP contribution in [-0.4, -0.2) is 32.4 Å². The van der Waals surface area contributed by atoms with E-state index in [9.17, 15) is 13.2 Å². The lowest BCUT2D eigenvalue weighted by Gasteiger charge is -2.19. The van der Waals surface area contributed by atoms with E-state index in [1.807, 2.05) is 19.2 Å². The van der Waals surface area contributed by atoms with Crippen LogP contribution in [0.15, 0.2) is 45.9 Å². The highest BCUT2D eigenvalue weighted by Crippen LogP contribution is 2.18. The number of carbonyl (C=O) groups is 1. The number of amides is 1. The molecule has 1 aromatic heterocycles. The van der Waals surface area contributed by atoms with E-state index >= 15 is 0 Å². The third-order valence-electron chi connectivity index (χ3n) is 3.87. The molecular formula is C18H24N2O4S2. The highest BCUT2D eigenvalue weighted by atomic mass is 32.2. The summed E-state index contributed by atoms with van der Waals surface area (Å²) in [7, 11) is -3.80. The quantitative estimate of drug-likeness (QED) is 0.680. The Labute approximate surface area is 158 Å². The molecule has 0 aliphatic rings. The predicted octanol–water partition coefficient (Wildman–Crippen LogP) is 2.61. The molecule has 1 amide bonds. The molecule has 2 N–H and O–H groups in total. The number of furan rings is 1. The maximum absolute atomic E-state index is 12.8. The van der Waals surface area contributed by atoms with Gasteiger partial charge in [-0.15, -0.1) is 0 Å². The normalized spacial score (nSPS) is 12.7. The van der Waals surface area contributed by atoms with Gasteiger partial charge in [-0.05, 0) is 61.6 Å². The van der Waals surface area contributed by atoms with Crippen molar-refractivity contribution in [1.82, 2.24) is 10.0 Å². The molecule has 1 aromatic carbocycles. The van der Waals surface area contributed by atoms with E-state index in [4.69, 9.17) is 4.42 Å². The number of thioether (sulfide) groups is 1. The zero-order valence-corrected chi connectivity index (χ0v) is 16.7. The number of aryl methyl sites for hydroxylation is 2. The van der Waals surface area contributed by atoms with E-state index in [0.717, 1.165) is 5.56 Å². The molecule has 0 saturated heterocycles. The fourth-order valence-corrected chi connectivity index (χ4v) is 4.47. The predicted molar refractivity (Wildman–Crippen MR) is 104 cm³/mol. The molecule has 1 heterocycles. The molecule has 0 aliphatic carbocycles. The van der Waals surface area contributed by atoms with Gasteiger partial charge in [-0.1, -0.05) is 12.1 Å². The van der Waals surface area contributed by atoms with Crippen LogP contribution in [0.3, 0.4) is 0 Å². The Balaban J connectivity index is 2.14. The van der Waals surface area contributed by atoms with Crippen molar-refractivity contribution in [2.24, 2.45) is 0 Å². The number of nitrogens with one attached hydrogen (secondary N) is 2. The number of hydrogen-bond acceptors (Lipinski definition) is 5. The molecule has 0 spiro atoms. The van der Waals surface area contributed by atoms with E-state index in [0.29, 0.717) is 23.5 Å². The Kier molecular flexibility index (Phi) is 7.31. The zero-order chi connectivity index (χ0) is 19.2. The molecular weight excluding hydrogens is 372 g/mol. The van der Waals surface area contributed by atoms with Crippen molar-refractivity contribution in [2.45, 2.75) is 37.8 Å². The van der Waals surface area contributed by atoms with Crippen molar-refractivity contribution in [1.29, 1.82) is 0 Å². The van der Waals surface area contributed by atoms with Gasteiger partial charge < -0.3 is 9.73 Å². The van der Waals surface area contributed by atoms with Crippen LogP contribution in [0, 0.1) is 13.8 Å². The molecule has 0 radical (unpaired) electrons. The third kappa shape index (κ3) is 5.62. The number of benzene rings is 1. The summed E-state index contributed by atoms with van der Waals surface area (Å²) in [5.41, 5.74) is 1.49. The summed E-state index contributed by atoms with van der Waals surface area (Å²) in [5, 5.41) is 2.73. The number of rotatable bonds is 9. The first-order valence-corrected chi connectivity index (χ1v) is 11.1. The second-order valence-electron chi connectivity index (χ2n) is 6.02. The van der Waals surface area contributed by atoms with E-state index < -0.39 is 16.1 Å². The van der Waals surface area contributed by atoms with Gasteiger partial charge in [0.2, 0.25) is 15.9 Å². The van der Waals surface area contributed by atoms with Crippen LogP contribution in [0.2, 0.25) is 0 Å². The Bertz CT molecular complexity index is 833. The summed E-state index contributed by atoms with van der Waals surface area (Å²) in [6.07, 6.45) is 3.84. The molecule has 0 saturated carbocycles. The van der Waals surface area contributed by atoms with Crippen molar-refractivity contribution >= 4 is 27.7 Å². The summed E-state index contributed by atoms with van der Waals surface area (Å²) in [6, 6.07) is 7.87. The maximum Gasteiger partial charge on any atom is 0.241 e. The van der Waals surface area contributed by atoms with Crippen LogP contribution >= 0.6 is 11.8 Å². The van der Waals surface area contributed by atoms with E-state index in [2.05, 4.69) is 10.0 Å². The Hall–Kier alpha value is -1.77. The van der Waals surface area contributed by atoms with Gasteiger partial charge in [0.25, 0.3) is 0 Å². The molecule has 8 heteroatoms. The Morgan fingerprint density at radius 1 is 1.27 bits per heavy atom. The van der Waals surface area contributed by atoms with Crippen molar-refractivity contribution in [2.75, 3.05) is 12.0 Å². The van der Waals surface area contributed by atoms with Gasteiger partial charge in [-0.3, -0.25) is 4.79 Å². The highest BCUT2D eigenvalue weighted by molar-refractivity contribution is 7.98. The minimum atomic E-state index is -3.80. The Morgan fingerprint density at radius 3 is 2.69 bits per heavy atom. The van der Waals surface area contributed by atoms with Crippen molar-refractivity contribution in [3.8, 4) is 0 Å². The smallest absolute Gasteiger partial charge is 0.241 e. The third-order valence-corrected chi connectivity index (χ3v) is 6.13. The summed E-state index contributed by atoms with van der Waals surface area (Å²) in [6.45, 7) is 3.79. The standard InChI is InChI=1S/C18H24N2O4S2/c1-13-6-7-14(2)17(11-13)26(22,23)20-16(8-10-25-3)18(21)19-12-15-5-4-9-24-15/h4-7,9,11,16,20H,8,10,12H2,1-3H3,(H,19,21). The molecule has 2 aromatic rings. The van der Waals surface area contributed by atoms with Gasteiger partial charge in [0, 0.05) is 0 Å². The van der Waals surface area contributed by atoms with Gasteiger partial charge in [0.05, 0.1) is 17.7 Å². The first-order valence-electron chi connectivity index (χ1n) is 8.22. The van der Waals surface area contributed by atoms with Gasteiger partial charge in [0.1, 0.15) is 11.8 Å². The number of hydrogen-bond donors (Lipinski definition) is 2. The van der Waals surface area contributed by atoms with Crippen LogP contribution in [0.25, 0.3) is 0 Å². The minimum Gasteiger partial charge on any atom is -0.467 e. The fraction of sp³-hybridized carbons (Fsp3) is 0.389.